The van der Waals surface area contributed by atoms with E-state index in [9.17, 15) is 0 Å². The summed E-state index contributed by atoms with van der Waals surface area (Å²) in [5.41, 5.74) is 3.28. The van der Waals surface area contributed by atoms with Gasteiger partial charge in [0.1, 0.15) is 11.6 Å². The van der Waals surface area contributed by atoms with Gasteiger partial charge in [0.2, 0.25) is 0 Å². The quantitative estimate of drug-likeness (QED) is 0.472. The molecule has 2 N–H and O–H groups in total. The number of aromatic nitrogens is 3. The average Bonchev–Trinajstić information content (AvgIpc) is 3.29. The van der Waals surface area contributed by atoms with Crippen LogP contribution >= 0.6 is 0 Å². The smallest absolute Gasteiger partial charge is 0.194 e. The molecule has 3 aromatic rings. The van der Waals surface area contributed by atoms with Gasteiger partial charge >= 0.3 is 0 Å². The summed E-state index contributed by atoms with van der Waals surface area (Å²) in [6, 6.07) is 14.3. The largest absolute Gasteiger partial charge is 0.378 e. The topological polar surface area (TPSA) is 81.7 Å². The lowest BCUT2D eigenvalue weighted by molar-refractivity contribution is 0.122. The van der Waals surface area contributed by atoms with Crippen molar-refractivity contribution in [3.8, 4) is 11.3 Å². The van der Waals surface area contributed by atoms with E-state index in [-0.39, 0.29) is 0 Å². The number of nitrogens with zero attached hydrogens (tertiary/aromatic N) is 5. The Kier molecular flexibility index (Phi) is 6.78. The second-order valence-corrected chi connectivity index (χ2v) is 7.45. The van der Waals surface area contributed by atoms with Crippen molar-refractivity contribution in [2.24, 2.45) is 4.99 Å². The highest BCUT2D eigenvalue weighted by Crippen LogP contribution is 2.19. The Hall–Kier alpha value is -3.39. The summed E-state index contributed by atoms with van der Waals surface area (Å²) in [6.45, 7) is 4.46. The average molecular weight is 420 g/mol. The molecule has 0 amide bonds. The van der Waals surface area contributed by atoms with Crippen molar-refractivity contribution in [3.05, 3.63) is 66.2 Å². The molecular formula is C23H29N7O. The second kappa shape index (κ2) is 10.1. The number of benzene rings is 1. The minimum atomic E-state index is 0.621. The van der Waals surface area contributed by atoms with Crippen molar-refractivity contribution in [1.29, 1.82) is 0 Å². The zero-order valence-electron chi connectivity index (χ0n) is 18.1. The third-order valence-corrected chi connectivity index (χ3v) is 5.29. The summed E-state index contributed by atoms with van der Waals surface area (Å²) < 4.78 is 5.47. The molecule has 1 saturated heterocycles. The van der Waals surface area contributed by atoms with E-state index >= 15 is 0 Å². The van der Waals surface area contributed by atoms with Crippen LogP contribution in [0.3, 0.4) is 0 Å². The number of imidazole rings is 1. The van der Waals surface area contributed by atoms with Crippen LogP contribution in [-0.4, -0.2) is 66.2 Å². The molecule has 0 unspecified atom stereocenters. The summed E-state index contributed by atoms with van der Waals surface area (Å²) in [5.74, 6) is 2.70. The monoisotopic (exact) mass is 419 g/mol. The third kappa shape index (κ3) is 5.21. The fourth-order valence-electron chi connectivity index (χ4n) is 3.69. The molecule has 0 spiro atoms. The molecule has 8 nitrogen and oxygen atoms in total. The third-order valence-electron chi connectivity index (χ3n) is 5.29. The molecule has 0 bridgehead atoms. The molecule has 162 valence electrons. The molecule has 0 saturated carbocycles. The fraction of sp³-hybridized carbons (Fsp3) is 0.348. The maximum absolute atomic E-state index is 5.47. The lowest BCUT2D eigenvalue weighted by Crippen LogP contribution is -2.40. The fourth-order valence-corrected chi connectivity index (χ4v) is 3.69. The molecule has 1 aromatic carbocycles. The number of morpholine rings is 1. The number of H-pyrrole nitrogens is 1. The highest BCUT2D eigenvalue weighted by atomic mass is 16.5. The lowest BCUT2D eigenvalue weighted by Gasteiger charge is -2.29. The first-order valence-corrected chi connectivity index (χ1v) is 10.5. The number of hydrogen-bond acceptors (Lipinski definition) is 5. The normalized spacial score (nSPS) is 14.5. The maximum atomic E-state index is 5.47. The first-order valence-electron chi connectivity index (χ1n) is 10.5. The van der Waals surface area contributed by atoms with Crippen LogP contribution in [0.4, 0.5) is 5.82 Å². The summed E-state index contributed by atoms with van der Waals surface area (Å²) >= 11 is 0. The first kappa shape index (κ1) is 20.9. The molecule has 0 atom stereocenters. The van der Waals surface area contributed by atoms with Crippen molar-refractivity contribution >= 4 is 11.8 Å². The molecule has 0 aliphatic carbocycles. The van der Waals surface area contributed by atoms with Crippen molar-refractivity contribution in [2.75, 3.05) is 45.3 Å². The van der Waals surface area contributed by atoms with Crippen LogP contribution in [0.15, 0.2) is 59.9 Å². The van der Waals surface area contributed by atoms with E-state index in [0.29, 0.717) is 13.1 Å². The van der Waals surface area contributed by atoms with E-state index in [4.69, 9.17) is 4.74 Å². The second-order valence-electron chi connectivity index (χ2n) is 7.45. The van der Waals surface area contributed by atoms with Crippen molar-refractivity contribution in [3.63, 3.8) is 0 Å². The zero-order valence-corrected chi connectivity index (χ0v) is 18.1. The van der Waals surface area contributed by atoms with Gasteiger partial charge < -0.3 is 24.8 Å². The van der Waals surface area contributed by atoms with Gasteiger partial charge in [0.15, 0.2) is 5.96 Å². The van der Waals surface area contributed by atoms with E-state index in [0.717, 1.165) is 60.7 Å². The van der Waals surface area contributed by atoms with E-state index in [1.807, 2.05) is 43.7 Å². The van der Waals surface area contributed by atoms with Gasteiger partial charge in [0.25, 0.3) is 0 Å². The van der Waals surface area contributed by atoms with Crippen LogP contribution in [0.5, 0.6) is 0 Å². The molecule has 1 fully saturated rings. The summed E-state index contributed by atoms with van der Waals surface area (Å²) in [4.78, 5) is 21.3. The number of hydrogen-bond donors (Lipinski definition) is 2. The predicted octanol–water partition coefficient (Wildman–Crippen LogP) is 2.52. The van der Waals surface area contributed by atoms with Gasteiger partial charge in [-0.2, -0.15) is 0 Å². The number of aliphatic imine (C=N–C) groups is 1. The molecule has 1 aliphatic heterocycles. The lowest BCUT2D eigenvalue weighted by atomic mass is 10.2. The maximum Gasteiger partial charge on any atom is 0.194 e. The Morgan fingerprint density at radius 2 is 1.97 bits per heavy atom. The van der Waals surface area contributed by atoms with Crippen LogP contribution in [0, 0.1) is 0 Å². The number of nitrogens with one attached hydrogen (secondary N) is 2. The van der Waals surface area contributed by atoms with Crippen molar-refractivity contribution in [2.45, 2.75) is 13.1 Å². The molecule has 2 aromatic heterocycles. The van der Waals surface area contributed by atoms with Crippen LogP contribution in [0.2, 0.25) is 0 Å². The Labute approximate surface area is 183 Å². The summed E-state index contributed by atoms with van der Waals surface area (Å²) in [6.07, 6.45) is 3.72. The highest BCUT2D eigenvalue weighted by Gasteiger charge is 2.16. The van der Waals surface area contributed by atoms with Gasteiger partial charge in [0, 0.05) is 45.5 Å². The SMILES string of the molecule is CN=C(NCc1cccnc1N1CCOCC1)N(C)Cc1ncc(-c2ccccc2)[nH]1. The van der Waals surface area contributed by atoms with Gasteiger partial charge in [-0.15, -0.1) is 0 Å². The van der Waals surface area contributed by atoms with Crippen molar-refractivity contribution < 1.29 is 4.74 Å². The van der Waals surface area contributed by atoms with Crippen LogP contribution in [-0.2, 0) is 17.8 Å². The standard InChI is InChI=1S/C23H29N7O/c1-24-23(27-15-19-9-6-10-25-22(19)30-11-13-31-14-12-30)29(2)17-21-26-16-20(28-21)18-7-4-3-5-8-18/h3-10,16H,11-15,17H2,1-2H3,(H,24,27)(H,26,28). The summed E-state index contributed by atoms with van der Waals surface area (Å²) in [7, 11) is 3.80. The molecule has 1 aliphatic rings. The number of rotatable bonds is 6. The van der Waals surface area contributed by atoms with E-state index in [1.165, 1.54) is 0 Å². The Morgan fingerprint density at radius 3 is 2.74 bits per heavy atom. The number of ether oxygens (including phenoxy) is 1. The first-order chi connectivity index (χ1) is 15.2. The van der Waals surface area contributed by atoms with E-state index < -0.39 is 0 Å². The number of guanidine groups is 1. The predicted molar refractivity (Wildman–Crippen MR) is 123 cm³/mol. The molecular weight excluding hydrogens is 390 g/mol. The van der Waals surface area contributed by atoms with Gasteiger partial charge in [-0.25, -0.2) is 9.97 Å². The minimum Gasteiger partial charge on any atom is -0.378 e. The molecule has 8 heteroatoms. The molecule has 31 heavy (non-hydrogen) atoms. The van der Waals surface area contributed by atoms with Crippen LogP contribution in [0.25, 0.3) is 11.3 Å². The van der Waals surface area contributed by atoms with Gasteiger partial charge in [-0.3, -0.25) is 4.99 Å². The number of anilines is 1. The Morgan fingerprint density at radius 1 is 1.16 bits per heavy atom. The zero-order chi connectivity index (χ0) is 21.5. The minimum absolute atomic E-state index is 0.621. The van der Waals surface area contributed by atoms with Gasteiger partial charge in [-0.1, -0.05) is 36.4 Å². The van der Waals surface area contributed by atoms with Crippen LogP contribution < -0.4 is 10.2 Å². The molecule has 3 heterocycles. The van der Waals surface area contributed by atoms with Gasteiger partial charge in [0.05, 0.1) is 31.6 Å². The van der Waals surface area contributed by atoms with Crippen LogP contribution in [0.1, 0.15) is 11.4 Å². The molecule has 4 rings (SSSR count). The van der Waals surface area contributed by atoms with Crippen molar-refractivity contribution in [1.82, 2.24) is 25.2 Å². The number of aromatic amines is 1. The van der Waals surface area contributed by atoms with Gasteiger partial charge in [-0.05, 0) is 11.6 Å². The van der Waals surface area contributed by atoms with E-state index in [2.05, 4.69) is 53.3 Å². The van der Waals surface area contributed by atoms with E-state index in [1.54, 1.807) is 7.05 Å². The summed E-state index contributed by atoms with van der Waals surface area (Å²) in [5, 5.41) is 3.46. The highest BCUT2D eigenvalue weighted by molar-refractivity contribution is 5.79. The number of pyridine rings is 1. The Bertz CT molecular complexity index is 996. The molecule has 0 radical (unpaired) electrons. The Balaban J connectivity index is 1.38.